The summed E-state index contributed by atoms with van der Waals surface area (Å²) in [5, 5.41) is 4.79. The molecule has 0 aliphatic carbocycles. The first-order valence-corrected chi connectivity index (χ1v) is 21.5. The van der Waals surface area contributed by atoms with Crippen LogP contribution >= 0.6 is 0 Å². The molecule has 2 aromatic heterocycles. The number of halogens is 2. The molecule has 0 bridgehead atoms. The van der Waals surface area contributed by atoms with Crippen molar-refractivity contribution in [2.75, 3.05) is 0 Å². The molecule has 2 heterocycles. The van der Waals surface area contributed by atoms with Crippen LogP contribution in [0.4, 0.5) is 8.78 Å². The Morgan fingerprint density at radius 3 is 1.45 bits per heavy atom. The molecule has 0 radical (unpaired) electrons. The molecule has 0 amide bonds. The molecule has 0 atom stereocenters. The highest BCUT2D eigenvalue weighted by Gasteiger charge is 2.17. The Hall–Kier alpha value is -8.48. The molecule has 0 saturated heterocycles. The van der Waals surface area contributed by atoms with Crippen LogP contribution in [0.15, 0.2) is 229 Å². The van der Waals surface area contributed by atoms with Gasteiger partial charge in [-0.3, -0.25) is 0 Å². The Kier molecular flexibility index (Phi) is 9.89. The molecule has 11 rings (SSSR count). The first kappa shape index (κ1) is 39.4. The number of aliphatic imine (C=N–C) groups is 2. The summed E-state index contributed by atoms with van der Waals surface area (Å²) in [6.07, 6.45) is 0. The summed E-state index contributed by atoms with van der Waals surface area (Å²) in [5.74, 6) is -0.306. The third-order valence-electron chi connectivity index (χ3n) is 12.2. The van der Waals surface area contributed by atoms with Gasteiger partial charge in [0.25, 0.3) is 0 Å². The highest BCUT2D eigenvalue weighted by atomic mass is 19.1. The standard InChI is InChI=1S/C59H40F2N4/c1-38(62-59(43-23-30-48(61)31-24-43)63-39(2)41-21-28-47(60)29-22-41)40-17-19-42(20-18-40)45-25-32-52-53-33-26-46(37-58(53)65(57(52)36-45)50-13-7-4-8-14-50)44-27-34-56-54(35-44)51-15-9-10-16-55(51)64(56)49-11-5-3-6-12-49/h3-37H,1H2,2H3. The number of aromatic nitrogens is 2. The molecule has 0 fully saturated rings. The summed E-state index contributed by atoms with van der Waals surface area (Å²) in [6, 6.07) is 70.5. The molecule has 0 N–H and O–H groups in total. The second-order valence-electron chi connectivity index (χ2n) is 16.2. The van der Waals surface area contributed by atoms with Crippen LogP contribution in [0.3, 0.4) is 0 Å². The average molecular weight is 843 g/mol. The van der Waals surface area contributed by atoms with Crippen molar-refractivity contribution in [3.05, 3.63) is 247 Å². The van der Waals surface area contributed by atoms with Crippen LogP contribution in [0.2, 0.25) is 0 Å². The highest BCUT2D eigenvalue weighted by Crippen LogP contribution is 2.39. The van der Waals surface area contributed by atoms with E-state index in [1.807, 2.05) is 19.1 Å². The maximum absolute atomic E-state index is 13.9. The topological polar surface area (TPSA) is 34.6 Å². The van der Waals surface area contributed by atoms with Gasteiger partial charge in [0.1, 0.15) is 11.6 Å². The zero-order valence-corrected chi connectivity index (χ0v) is 35.5. The van der Waals surface area contributed by atoms with E-state index >= 15 is 0 Å². The number of benzene rings is 9. The van der Waals surface area contributed by atoms with Crippen LogP contribution in [0.5, 0.6) is 0 Å². The van der Waals surface area contributed by atoms with E-state index in [-0.39, 0.29) is 11.6 Å². The Morgan fingerprint density at radius 1 is 0.385 bits per heavy atom. The Balaban J connectivity index is 0.966. The summed E-state index contributed by atoms with van der Waals surface area (Å²) in [4.78, 5) is 9.65. The van der Waals surface area contributed by atoms with Gasteiger partial charge >= 0.3 is 0 Å². The fourth-order valence-corrected chi connectivity index (χ4v) is 8.96. The Labute approximate surface area is 375 Å². The van der Waals surface area contributed by atoms with Gasteiger partial charge in [-0.15, -0.1) is 0 Å². The lowest BCUT2D eigenvalue weighted by atomic mass is 10.00. The van der Waals surface area contributed by atoms with Crippen molar-refractivity contribution >= 4 is 60.9 Å². The van der Waals surface area contributed by atoms with E-state index in [9.17, 15) is 8.78 Å². The number of hydrogen-bond donors (Lipinski definition) is 0. The number of fused-ring (bicyclic) bond motifs is 6. The third kappa shape index (κ3) is 7.31. The van der Waals surface area contributed by atoms with Crippen molar-refractivity contribution < 1.29 is 8.78 Å². The molecule has 310 valence electrons. The fourth-order valence-electron chi connectivity index (χ4n) is 8.96. The number of para-hydroxylation sites is 3. The van der Waals surface area contributed by atoms with Gasteiger partial charge in [0.2, 0.25) is 0 Å². The molecule has 0 unspecified atom stereocenters. The monoisotopic (exact) mass is 842 g/mol. The zero-order valence-electron chi connectivity index (χ0n) is 35.5. The number of hydrogen-bond acceptors (Lipinski definition) is 1. The van der Waals surface area contributed by atoms with Crippen LogP contribution in [0, 0.1) is 11.6 Å². The largest absolute Gasteiger partial charge is 0.309 e. The minimum Gasteiger partial charge on any atom is -0.309 e. The van der Waals surface area contributed by atoms with E-state index in [4.69, 9.17) is 9.98 Å². The van der Waals surface area contributed by atoms with E-state index in [0.29, 0.717) is 22.8 Å². The zero-order chi connectivity index (χ0) is 44.0. The minimum absolute atomic E-state index is 0.326. The van der Waals surface area contributed by atoms with Gasteiger partial charge in [-0.05, 0) is 131 Å². The molecule has 4 nitrogen and oxygen atoms in total. The molecule has 65 heavy (non-hydrogen) atoms. The van der Waals surface area contributed by atoms with E-state index in [1.165, 1.54) is 56.8 Å². The van der Waals surface area contributed by atoms with Crippen molar-refractivity contribution in [1.29, 1.82) is 0 Å². The van der Waals surface area contributed by atoms with Crippen LogP contribution in [-0.4, -0.2) is 20.7 Å². The van der Waals surface area contributed by atoms with Gasteiger partial charge in [0.15, 0.2) is 5.84 Å². The van der Waals surface area contributed by atoms with Crippen LogP contribution < -0.4 is 0 Å². The third-order valence-corrected chi connectivity index (χ3v) is 12.2. The molecule has 11 aromatic rings. The van der Waals surface area contributed by atoms with Gasteiger partial charge in [0, 0.05) is 44.2 Å². The van der Waals surface area contributed by atoms with Crippen molar-refractivity contribution in [1.82, 2.24) is 9.13 Å². The summed E-state index contributed by atoms with van der Waals surface area (Å²) >= 11 is 0. The van der Waals surface area contributed by atoms with Gasteiger partial charge in [-0.25, -0.2) is 18.8 Å². The summed E-state index contributed by atoms with van der Waals surface area (Å²) in [5.41, 5.74) is 14.6. The Bertz CT molecular complexity index is 3660. The first-order chi connectivity index (χ1) is 31.9. The molecule has 0 saturated carbocycles. The number of rotatable bonds is 8. The predicted molar refractivity (Wildman–Crippen MR) is 267 cm³/mol. The number of amidine groups is 1. The quantitative estimate of drug-likeness (QED) is 0.108. The highest BCUT2D eigenvalue weighted by molar-refractivity contribution is 6.14. The molecule has 0 spiro atoms. The number of nitrogens with zero attached hydrogens (tertiary/aromatic N) is 4. The van der Waals surface area contributed by atoms with Crippen molar-refractivity contribution in [3.8, 4) is 33.6 Å². The minimum atomic E-state index is -0.355. The second-order valence-corrected chi connectivity index (χ2v) is 16.2. The molecular weight excluding hydrogens is 803 g/mol. The maximum atomic E-state index is 13.9. The van der Waals surface area contributed by atoms with Crippen LogP contribution in [0.1, 0.15) is 23.6 Å². The average Bonchev–Trinajstić information content (AvgIpc) is 3.86. The van der Waals surface area contributed by atoms with Crippen molar-refractivity contribution in [2.45, 2.75) is 6.92 Å². The van der Waals surface area contributed by atoms with Gasteiger partial charge < -0.3 is 9.13 Å². The molecule has 6 heteroatoms. The van der Waals surface area contributed by atoms with Crippen molar-refractivity contribution in [3.63, 3.8) is 0 Å². The predicted octanol–water partition coefficient (Wildman–Crippen LogP) is 15.4. The molecule has 0 aliphatic rings. The maximum Gasteiger partial charge on any atom is 0.160 e. The van der Waals surface area contributed by atoms with Crippen LogP contribution in [0.25, 0.3) is 82.9 Å². The van der Waals surface area contributed by atoms with Crippen molar-refractivity contribution in [2.24, 2.45) is 9.98 Å². The molecule has 0 aliphatic heterocycles. The lowest BCUT2D eigenvalue weighted by Crippen LogP contribution is -2.04. The first-order valence-electron chi connectivity index (χ1n) is 21.5. The Morgan fingerprint density at radius 2 is 0.831 bits per heavy atom. The lowest BCUT2D eigenvalue weighted by molar-refractivity contribution is 0.627. The van der Waals surface area contributed by atoms with E-state index in [1.54, 1.807) is 24.3 Å². The van der Waals surface area contributed by atoms with Gasteiger partial charge in [0.05, 0.1) is 27.8 Å². The normalized spacial score (nSPS) is 12.2. The second kappa shape index (κ2) is 16.3. The molecule has 9 aromatic carbocycles. The summed E-state index contributed by atoms with van der Waals surface area (Å²) < 4.78 is 32.3. The van der Waals surface area contributed by atoms with E-state index < -0.39 is 0 Å². The summed E-state index contributed by atoms with van der Waals surface area (Å²) in [7, 11) is 0. The fraction of sp³-hybridized carbons (Fsp3) is 0.0169. The van der Waals surface area contributed by atoms with Gasteiger partial charge in [-0.2, -0.15) is 0 Å². The van der Waals surface area contributed by atoms with E-state index in [0.717, 1.165) is 55.8 Å². The summed E-state index contributed by atoms with van der Waals surface area (Å²) in [6.45, 7) is 6.14. The smallest absolute Gasteiger partial charge is 0.160 e. The lowest BCUT2D eigenvalue weighted by Gasteiger charge is -2.11. The SMILES string of the molecule is C=C(N=C(N=C(C)c1ccc(F)cc1)c1ccc(F)cc1)c1ccc(-c2ccc3c4ccc(-c5ccc6c(c5)c5ccccc5n6-c5ccccc5)cc4n(-c4ccccc4)c3c2)cc1. The van der Waals surface area contributed by atoms with Crippen LogP contribution in [-0.2, 0) is 0 Å². The molecular formula is C59H40F2N4. The van der Waals surface area contributed by atoms with E-state index in [2.05, 4.69) is 167 Å². The van der Waals surface area contributed by atoms with Gasteiger partial charge in [-0.1, -0.05) is 128 Å².